The van der Waals surface area contributed by atoms with E-state index in [4.69, 9.17) is 4.74 Å². The van der Waals surface area contributed by atoms with Crippen LogP contribution in [0.5, 0.6) is 0 Å². The summed E-state index contributed by atoms with van der Waals surface area (Å²) in [5.41, 5.74) is 1.18. The SMILES string of the molecule is CNC(c1cccc2cnccc12)C1(C)CCCO1. The lowest BCUT2D eigenvalue weighted by Crippen LogP contribution is -2.39. The monoisotopic (exact) mass is 256 g/mol. The first-order valence-corrected chi connectivity index (χ1v) is 6.88. The largest absolute Gasteiger partial charge is 0.373 e. The fourth-order valence-electron chi connectivity index (χ4n) is 3.22. The Morgan fingerprint density at radius 3 is 3.00 bits per heavy atom. The third-order valence-corrected chi connectivity index (χ3v) is 4.17. The zero-order valence-electron chi connectivity index (χ0n) is 11.5. The number of aromatic nitrogens is 1. The highest BCUT2D eigenvalue weighted by Crippen LogP contribution is 2.39. The van der Waals surface area contributed by atoms with E-state index in [0.29, 0.717) is 0 Å². The van der Waals surface area contributed by atoms with Crippen LogP contribution in [0.2, 0.25) is 0 Å². The molecule has 0 amide bonds. The number of likely N-dealkylation sites (N-methyl/N-ethyl adjacent to an activating group) is 1. The molecule has 3 heteroatoms. The van der Waals surface area contributed by atoms with Crippen molar-refractivity contribution in [2.24, 2.45) is 0 Å². The third kappa shape index (κ3) is 2.13. The van der Waals surface area contributed by atoms with E-state index in [1.54, 1.807) is 0 Å². The van der Waals surface area contributed by atoms with Crippen molar-refractivity contribution >= 4 is 10.8 Å². The van der Waals surface area contributed by atoms with Crippen molar-refractivity contribution in [3.8, 4) is 0 Å². The molecular weight excluding hydrogens is 236 g/mol. The van der Waals surface area contributed by atoms with Crippen LogP contribution in [0.4, 0.5) is 0 Å². The van der Waals surface area contributed by atoms with Crippen molar-refractivity contribution in [1.82, 2.24) is 10.3 Å². The topological polar surface area (TPSA) is 34.2 Å². The molecule has 0 radical (unpaired) electrons. The number of pyridine rings is 1. The summed E-state index contributed by atoms with van der Waals surface area (Å²) in [6, 6.07) is 8.70. The summed E-state index contributed by atoms with van der Waals surface area (Å²) in [6.07, 6.45) is 6.01. The van der Waals surface area contributed by atoms with Crippen LogP contribution in [0.1, 0.15) is 31.4 Å². The zero-order valence-corrected chi connectivity index (χ0v) is 11.5. The van der Waals surface area contributed by atoms with Gasteiger partial charge in [0.05, 0.1) is 11.6 Å². The second kappa shape index (κ2) is 4.91. The molecule has 2 aromatic rings. The fraction of sp³-hybridized carbons (Fsp3) is 0.438. The molecule has 3 rings (SSSR count). The molecule has 3 nitrogen and oxygen atoms in total. The summed E-state index contributed by atoms with van der Waals surface area (Å²) in [4.78, 5) is 4.20. The van der Waals surface area contributed by atoms with Gasteiger partial charge in [0.2, 0.25) is 0 Å². The van der Waals surface area contributed by atoms with Crippen LogP contribution in [0.15, 0.2) is 36.7 Å². The van der Waals surface area contributed by atoms with Gasteiger partial charge in [-0.1, -0.05) is 18.2 Å². The molecule has 1 aliphatic heterocycles. The quantitative estimate of drug-likeness (QED) is 0.916. The van der Waals surface area contributed by atoms with Gasteiger partial charge in [0.1, 0.15) is 0 Å². The van der Waals surface area contributed by atoms with Crippen molar-refractivity contribution in [2.45, 2.75) is 31.4 Å². The van der Waals surface area contributed by atoms with Crippen molar-refractivity contribution in [1.29, 1.82) is 0 Å². The van der Waals surface area contributed by atoms with Crippen molar-refractivity contribution in [3.63, 3.8) is 0 Å². The molecule has 0 spiro atoms. The smallest absolute Gasteiger partial charge is 0.0849 e. The maximum Gasteiger partial charge on any atom is 0.0849 e. The van der Waals surface area contributed by atoms with Crippen LogP contribution in [-0.2, 0) is 4.74 Å². The summed E-state index contributed by atoms with van der Waals surface area (Å²) < 4.78 is 6.02. The summed E-state index contributed by atoms with van der Waals surface area (Å²) in [5.74, 6) is 0. The number of benzene rings is 1. The van der Waals surface area contributed by atoms with Gasteiger partial charge < -0.3 is 10.1 Å². The van der Waals surface area contributed by atoms with Crippen LogP contribution in [0.3, 0.4) is 0 Å². The maximum absolute atomic E-state index is 6.02. The van der Waals surface area contributed by atoms with Gasteiger partial charge in [0.25, 0.3) is 0 Å². The molecule has 100 valence electrons. The van der Waals surface area contributed by atoms with Crippen LogP contribution >= 0.6 is 0 Å². The highest BCUT2D eigenvalue weighted by molar-refractivity contribution is 5.85. The number of ether oxygens (including phenoxy) is 1. The Bertz CT molecular complexity index is 570. The predicted octanol–water partition coefficient (Wildman–Crippen LogP) is 3.06. The molecule has 1 aromatic carbocycles. The fourth-order valence-corrected chi connectivity index (χ4v) is 3.22. The average molecular weight is 256 g/mol. The highest BCUT2D eigenvalue weighted by Gasteiger charge is 2.39. The van der Waals surface area contributed by atoms with Crippen molar-refractivity contribution in [3.05, 3.63) is 42.2 Å². The second-order valence-electron chi connectivity index (χ2n) is 5.43. The Morgan fingerprint density at radius 2 is 2.26 bits per heavy atom. The number of hydrogen-bond acceptors (Lipinski definition) is 3. The van der Waals surface area contributed by atoms with Gasteiger partial charge >= 0.3 is 0 Å². The van der Waals surface area contributed by atoms with Crippen molar-refractivity contribution in [2.75, 3.05) is 13.7 Å². The minimum absolute atomic E-state index is 0.119. The highest BCUT2D eigenvalue weighted by atomic mass is 16.5. The molecule has 0 bridgehead atoms. The summed E-state index contributed by atoms with van der Waals surface area (Å²) in [7, 11) is 2.01. The first kappa shape index (κ1) is 12.6. The van der Waals surface area contributed by atoms with Crippen molar-refractivity contribution < 1.29 is 4.74 Å². The lowest BCUT2D eigenvalue weighted by atomic mass is 9.86. The molecule has 1 aliphatic rings. The molecule has 19 heavy (non-hydrogen) atoms. The lowest BCUT2D eigenvalue weighted by molar-refractivity contribution is -0.0101. The lowest BCUT2D eigenvalue weighted by Gasteiger charge is -2.34. The van der Waals surface area contributed by atoms with Gasteiger partial charge in [-0.25, -0.2) is 0 Å². The molecule has 0 saturated carbocycles. The van der Waals surface area contributed by atoms with Gasteiger partial charge in [-0.15, -0.1) is 0 Å². The van der Waals surface area contributed by atoms with Crippen LogP contribution in [-0.4, -0.2) is 24.2 Å². The van der Waals surface area contributed by atoms with Gasteiger partial charge in [0.15, 0.2) is 0 Å². The second-order valence-corrected chi connectivity index (χ2v) is 5.43. The van der Waals surface area contributed by atoms with Gasteiger partial charge in [-0.05, 0) is 43.8 Å². The van der Waals surface area contributed by atoms with Gasteiger partial charge in [0, 0.05) is 24.4 Å². The molecule has 1 N–H and O–H groups in total. The molecule has 2 unspecified atom stereocenters. The first-order chi connectivity index (χ1) is 9.24. The minimum atomic E-state index is -0.119. The Balaban J connectivity index is 2.11. The number of fused-ring (bicyclic) bond motifs is 1. The maximum atomic E-state index is 6.02. The third-order valence-electron chi connectivity index (χ3n) is 4.17. The average Bonchev–Trinajstić information content (AvgIpc) is 2.87. The van der Waals surface area contributed by atoms with Gasteiger partial charge in [-0.2, -0.15) is 0 Å². The molecule has 1 aromatic heterocycles. The van der Waals surface area contributed by atoms with E-state index < -0.39 is 0 Å². The predicted molar refractivity (Wildman–Crippen MR) is 77.1 cm³/mol. The van der Waals surface area contributed by atoms with E-state index in [0.717, 1.165) is 19.4 Å². The van der Waals surface area contributed by atoms with E-state index in [9.17, 15) is 0 Å². The van der Waals surface area contributed by atoms with E-state index in [1.165, 1.54) is 16.3 Å². The van der Waals surface area contributed by atoms with Crippen LogP contribution in [0, 0.1) is 0 Å². The molecule has 2 atom stereocenters. The van der Waals surface area contributed by atoms with E-state index >= 15 is 0 Å². The Hall–Kier alpha value is -1.45. The zero-order chi connectivity index (χ0) is 13.3. The summed E-state index contributed by atoms with van der Waals surface area (Å²) >= 11 is 0. The molecule has 0 aliphatic carbocycles. The number of nitrogens with one attached hydrogen (secondary N) is 1. The number of hydrogen-bond donors (Lipinski definition) is 1. The van der Waals surface area contributed by atoms with E-state index in [-0.39, 0.29) is 11.6 Å². The molecule has 2 heterocycles. The van der Waals surface area contributed by atoms with E-state index in [1.807, 2.05) is 19.4 Å². The first-order valence-electron chi connectivity index (χ1n) is 6.88. The Morgan fingerprint density at radius 1 is 1.37 bits per heavy atom. The number of rotatable bonds is 3. The van der Waals surface area contributed by atoms with Crippen LogP contribution < -0.4 is 5.32 Å². The number of nitrogens with zero attached hydrogens (tertiary/aromatic N) is 1. The summed E-state index contributed by atoms with van der Waals surface area (Å²) in [5, 5.41) is 5.89. The van der Waals surface area contributed by atoms with Gasteiger partial charge in [-0.3, -0.25) is 4.98 Å². The minimum Gasteiger partial charge on any atom is -0.373 e. The van der Waals surface area contributed by atoms with E-state index in [2.05, 4.69) is 41.5 Å². The molecule has 1 fully saturated rings. The van der Waals surface area contributed by atoms with Crippen LogP contribution in [0.25, 0.3) is 10.8 Å². The standard InChI is InChI=1S/C16H20N2O/c1-16(8-4-10-19-16)15(17-2)14-6-3-5-12-11-18-9-7-13(12)14/h3,5-7,9,11,15,17H,4,8,10H2,1-2H3. The molecular formula is C16H20N2O. The Labute approximate surface area is 114 Å². The molecule has 1 saturated heterocycles. The summed E-state index contributed by atoms with van der Waals surface area (Å²) in [6.45, 7) is 3.07. The normalized spacial score (nSPS) is 24.7. The Kier molecular flexibility index (Phi) is 3.25.